The molecule has 0 saturated carbocycles. The summed E-state index contributed by atoms with van der Waals surface area (Å²) >= 11 is 0. The lowest BCUT2D eigenvalue weighted by Gasteiger charge is -2.37. The zero-order chi connectivity index (χ0) is 33.1. The van der Waals surface area contributed by atoms with Gasteiger partial charge in [0.1, 0.15) is 11.9 Å². The maximum atomic E-state index is 14.4. The number of nitrogens with zero attached hydrogens (tertiary/aromatic N) is 2. The Kier molecular flexibility index (Phi) is 10.7. The minimum Gasteiger partial charge on any atom is -0.441 e. The van der Waals surface area contributed by atoms with Crippen LogP contribution in [0.3, 0.4) is 0 Å². The van der Waals surface area contributed by atoms with Gasteiger partial charge in [-0.05, 0) is 73.2 Å². The van der Waals surface area contributed by atoms with Crippen LogP contribution in [0.2, 0.25) is 0 Å². The standard InChI is InChI=1S/C32H35F7N2O3/c1-17(2)26(20(6)33)13-22(16-43-7)25-8-9-27(18(3)4)40-28(25)15-41-19(5)10-29(44-30(41)42)21-11-23(31(34,35)36)14-24(12-21)32(37,38)39/h8-9,11-14,17,19,29H,3,10,15-16H2,1-2,4-7H3/b22-13+,26-20-/t19-,29?/m0/s1. The van der Waals surface area contributed by atoms with Crippen molar-refractivity contribution < 1.29 is 45.0 Å². The smallest absolute Gasteiger partial charge is 0.416 e. The van der Waals surface area contributed by atoms with Crippen LogP contribution in [0.4, 0.5) is 35.5 Å². The van der Waals surface area contributed by atoms with Crippen molar-refractivity contribution in [3.8, 4) is 0 Å². The zero-order valence-corrected chi connectivity index (χ0v) is 25.3. The third-order valence-corrected chi connectivity index (χ3v) is 7.27. The summed E-state index contributed by atoms with van der Waals surface area (Å²) in [5, 5.41) is 0. The van der Waals surface area contributed by atoms with E-state index in [0.29, 0.717) is 45.8 Å². The van der Waals surface area contributed by atoms with Crippen LogP contribution in [-0.4, -0.2) is 35.7 Å². The fraction of sp³-hybridized carbons (Fsp3) is 0.438. The van der Waals surface area contributed by atoms with Gasteiger partial charge in [-0.25, -0.2) is 9.18 Å². The minimum absolute atomic E-state index is 0.0288. The summed E-state index contributed by atoms with van der Waals surface area (Å²) in [6.45, 7) is 12.3. The molecule has 2 heterocycles. The van der Waals surface area contributed by atoms with Crippen molar-refractivity contribution in [3.63, 3.8) is 0 Å². The van der Waals surface area contributed by atoms with Gasteiger partial charge in [0, 0.05) is 25.1 Å². The van der Waals surface area contributed by atoms with E-state index in [0.717, 1.165) is 0 Å². The first-order chi connectivity index (χ1) is 20.3. The number of halogens is 7. The van der Waals surface area contributed by atoms with Gasteiger partial charge in [0.15, 0.2) is 0 Å². The Morgan fingerprint density at radius 2 is 1.70 bits per heavy atom. The topological polar surface area (TPSA) is 51.7 Å². The van der Waals surface area contributed by atoms with E-state index in [4.69, 9.17) is 9.47 Å². The molecule has 0 bridgehead atoms. The molecule has 1 fully saturated rings. The number of aromatic nitrogens is 1. The summed E-state index contributed by atoms with van der Waals surface area (Å²) in [6.07, 6.45) is -10.8. The molecule has 1 aromatic carbocycles. The highest BCUT2D eigenvalue weighted by molar-refractivity contribution is 5.74. The molecule has 0 radical (unpaired) electrons. The first-order valence-electron chi connectivity index (χ1n) is 13.8. The first-order valence-corrected chi connectivity index (χ1v) is 13.8. The summed E-state index contributed by atoms with van der Waals surface area (Å²) in [7, 11) is 1.48. The normalized spacial score (nSPS) is 18.8. The van der Waals surface area contributed by atoms with E-state index in [2.05, 4.69) is 11.6 Å². The van der Waals surface area contributed by atoms with Crippen LogP contribution in [-0.2, 0) is 28.4 Å². The summed E-state index contributed by atoms with van der Waals surface area (Å²) in [5.74, 6) is -0.523. The predicted molar refractivity (Wildman–Crippen MR) is 153 cm³/mol. The van der Waals surface area contributed by atoms with Gasteiger partial charge >= 0.3 is 18.4 Å². The maximum Gasteiger partial charge on any atom is 0.416 e. The highest BCUT2D eigenvalue weighted by Gasteiger charge is 2.40. The number of ether oxygens (including phenoxy) is 2. The fourth-order valence-electron chi connectivity index (χ4n) is 4.96. The zero-order valence-electron chi connectivity index (χ0n) is 25.3. The van der Waals surface area contributed by atoms with E-state index in [1.807, 2.05) is 13.8 Å². The van der Waals surface area contributed by atoms with E-state index >= 15 is 0 Å². The van der Waals surface area contributed by atoms with Crippen molar-refractivity contribution in [2.75, 3.05) is 13.7 Å². The molecule has 0 N–H and O–H groups in total. The highest BCUT2D eigenvalue weighted by Crippen LogP contribution is 2.40. The Hall–Kier alpha value is -3.67. The molecule has 1 aliphatic rings. The minimum atomic E-state index is -5.04. The molecule has 12 heteroatoms. The molecule has 2 aromatic rings. The van der Waals surface area contributed by atoms with Gasteiger partial charge in [0.2, 0.25) is 0 Å². The van der Waals surface area contributed by atoms with Crippen molar-refractivity contribution in [2.24, 2.45) is 5.92 Å². The quantitative estimate of drug-likeness (QED) is 0.205. The van der Waals surface area contributed by atoms with Crippen LogP contribution in [0, 0.1) is 5.92 Å². The first kappa shape index (κ1) is 34.8. The van der Waals surface area contributed by atoms with Crippen LogP contribution in [0.15, 0.2) is 54.4 Å². The Morgan fingerprint density at radius 1 is 1.11 bits per heavy atom. The van der Waals surface area contributed by atoms with E-state index in [9.17, 15) is 35.5 Å². The summed E-state index contributed by atoms with van der Waals surface area (Å²) in [6, 6.07) is 3.99. The van der Waals surface area contributed by atoms with Crippen LogP contribution >= 0.6 is 0 Å². The number of pyridine rings is 1. The number of methoxy groups -OCH3 is 1. The molecule has 1 saturated heterocycles. The fourth-order valence-corrected chi connectivity index (χ4v) is 4.96. The van der Waals surface area contributed by atoms with Crippen molar-refractivity contribution in [2.45, 2.75) is 72.1 Å². The number of cyclic esters (lactones) is 1. The SMILES string of the molecule is C=C(C)c1ccc(/C(=C/C(=C(\C)F)C(C)C)COC)c(CN2C(=O)OC(c3cc(C(F)(F)F)cc(C(F)(F)F)c3)C[C@@H]2C)n1. The highest BCUT2D eigenvalue weighted by atomic mass is 19.4. The Bertz CT molecular complexity index is 1420. The lowest BCUT2D eigenvalue weighted by molar-refractivity contribution is -0.143. The number of allylic oxidation sites excluding steroid dienone is 4. The van der Waals surface area contributed by atoms with Crippen LogP contribution < -0.4 is 0 Å². The van der Waals surface area contributed by atoms with Crippen molar-refractivity contribution in [3.05, 3.63) is 88.0 Å². The molecule has 1 aromatic heterocycles. The molecular weight excluding hydrogens is 593 g/mol. The number of hydrogen-bond acceptors (Lipinski definition) is 4. The molecule has 3 rings (SSSR count). The van der Waals surface area contributed by atoms with E-state index < -0.39 is 47.3 Å². The molecule has 0 aliphatic carbocycles. The third-order valence-electron chi connectivity index (χ3n) is 7.27. The summed E-state index contributed by atoms with van der Waals surface area (Å²) in [4.78, 5) is 19.2. The van der Waals surface area contributed by atoms with Gasteiger partial charge in [-0.15, -0.1) is 0 Å². The third kappa shape index (κ3) is 8.28. The Morgan fingerprint density at radius 3 is 2.16 bits per heavy atom. The van der Waals surface area contributed by atoms with Crippen LogP contribution in [0.1, 0.15) is 80.8 Å². The molecule has 1 amide bonds. The number of benzene rings is 1. The largest absolute Gasteiger partial charge is 0.441 e. The number of carbonyl (C=O) groups excluding carboxylic acids is 1. The van der Waals surface area contributed by atoms with Crippen molar-refractivity contribution in [1.82, 2.24) is 9.88 Å². The van der Waals surface area contributed by atoms with Gasteiger partial charge in [-0.1, -0.05) is 32.6 Å². The number of amides is 1. The summed E-state index contributed by atoms with van der Waals surface area (Å²) in [5.41, 5.74) is -0.235. The molecule has 44 heavy (non-hydrogen) atoms. The number of rotatable bonds is 9. The lowest BCUT2D eigenvalue weighted by Crippen LogP contribution is -2.45. The van der Waals surface area contributed by atoms with Crippen molar-refractivity contribution >= 4 is 17.2 Å². The van der Waals surface area contributed by atoms with E-state index in [-0.39, 0.29) is 37.4 Å². The van der Waals surface area contributed by atoms with Crippen molar-refractivity contribution in [1.29, 1.82) is 0 Å². The molecule has 2 atom stereocenters. The Labute approximate surface area is 252 Å². The van der Waals surface area contributed by atoms with E-state index in [1.54, 1.807) is 32.1 Å². The van der Waals surface area contributed by atoms with Gasteiger partial charge < -0.3 is 9.47 Å². The molecule has 0 spiro atoms. The molecule has 5 nitrogen and oxygen atoms in total. The van der Waals surface area contributed by atoms with Gasteiger partial charge in [-0.2, -0.15) is 26.3 Å². The average molecular weight is 629 g/mol. The number of hydrogen-bond donors (Lipinski definition) is 0. The van der Waals surface area contributed by atoms with Crippen LogP contribution in [0.25, 0.3) is 11.1 Å². The van der Waals surface area contributed by atoms with Gasteiger partial charge in [0.25, 0.3) is 0 Å². The van der Waals surface area contributed by atoms with Crippen LogP contribution in [0.5, 0.6) is 0 Å². The monoisotopic (exact) mass is 628 g/mol. The van der Waals surface area contributed by atoms with Gasteiger partial charge in [0.05, 0.1) is 35.7 Å². The summed E-state index contributed by atoms with van der Waals surface area (Å²) < 4.78 is 106. The van der Waals surface area contributed by atoms with E-state index in [1.165, 1.54) is 18.9 Å². The second kappa shape index (κ2) is 13.5. The molecular formula is C32H35F7N2O3. The number of alkyl halides is 6. The molecule has 1 aliphatic heterocycles. The predicted octanol–water partition coefficient (Wildman–Crippen LogP) is 9.55. The maximum absolute atomic E-state index is 14.4. The van der Waals surface area contributed by atoms with Gasteiger partial charge in [-0.3, -0.25) is 9.88 Å². The molecule has 240 valence electrons. The Balaban J connectivity index is 2.03. The molecule has 1 unspecified atom stereocenters. The lowest BCUT2D eigenvalue weighted by atomic mass is 9.94. The average Bonchev–Trinajstić information content (AvgIpc) is 2.91. The second-order valence-electron chi connectivity index (χ2n) is 11.1. The second-order valence-corrected chi connectivity index (χ2v) is 11.1. The number of carbonyl (C=O) groups is 1.